The monoisotopic (exact) mass is 480 g/mol. The lowest BCUT2D eigenvalue weighted by atomic mass is 9.84. The van der Waals surface area contributed by atoms with E-state index >= 15 is 0 Å². The number of nitrogens with zero attached hydrogens (tertiary/aromatic N) is 4. The second-order valence-electron chi connectivity index (χ2n) is 10.8. The maximum Gasteiger partial charge on any atom is 0.254 e. The molecule has 3 saturated heterocycles. The molecule has 1 saturated carbocycles. The van der Waals surface area contributed by atoms with Gasteiger partial charge >= 0.3 is 0 Å². The fourth-order valence-corrected chi connectivity index (χ4v) is 6.65. The molecule has 7 heteroatoms. The third-order valence-electron chi connectivity index (χ3n) is 8.63. The number of carbonyl (C=O) groups is 3. The maximum atomic E-state index is 13.7. The van der Waals surface area contributed by atoms with Gasteiger partial charge in [0, 0.05) is 50.9 Å². The van der Waals surface area contributed by atoms with E-state index in [9.17, 15) is 14.4 Å². The summed E-state index contributed by atoms with van der Waals surface area (Å²) in [7, 11) is 0. The van der Waals surface area contributed by atoms with Crippen LogP contribution in [0.25, 0.3) is 0 Å². The summed E-state index contributed by atoms with van der Waals surface area (Å²) in [5, 5.41) is 0. The van der Waals surface area contributed by atoms with E-state index in [-0.39, 0.29) is 29.8 Å². The average Bonchev–Trinajstić information content (AvgIpc) is 3.07. The zero-order valence-electron chi connectivity index (χ0n) is 20.9. The van der Waals surface area contributed by atoms with Gasteiger partial charge in [0.1, 0.15) is 6.04 Å². The molecule has 1 aliphatic carbocycles. The van der Waals surface area contributed by atoms with Crippen molar-refractivity contribution in [3.05, 3.63) is 35.9 Å². The predicted molar refractivity (Wildman–Crippen MR) is 135 cm³/mol. The molecule has 3 atom stereocenters. The summed E-state index contributed by atoms with van der Waals surface area (Å²) in [6.07, 6.45) is 9.87. The number of benzene rings is 1. The van der Waals surface area contributed by atoms with Gasteiger partial charge in [-0.05, 0) is 50.2 Å². The quantitative estimate of drug-likeness (QED) is 0.665. The zero-order chi connectivity index (χ0) is 24.2. The zero-order valence-corrected chi connectivity index (χ0v) is 20.9. The summed E-state index contributed by atoms with van der Waals surface area (Å²) in [5.41, 5.74) is 0.674. The molecular formula is C28H40N4O3. The molecule has 0 bridgehead atoms. The Kier molecular flexibility index (Phi) is 7.71. The second-order valence-corrected chi connectivity index (χ2v) is 10.8. The minimum absolute atomic E-state index is 0.0000301. The van der Waals surface area contributed by atoms with Gasteiger partial charge < -0.3 is 14.7 Å². The van der Waals surface area contributed by atoms with Crippen LogP contribution < -0.4 is 0 Å². The number of hydrogen-bond acceptors (Lipinski definition) is 4. The summed E-state index contributed by atoms with van der Waals surface area (Å²) in [6.45, 7) is 4.92. The van der Waals surface area contributed by atoms with Crippen LogP contribution >= 0.6 is 0 Å². The molecule has 3 heterocycles. The molecule has 4 fully saturated rings. The van der Waals surface area contributed by atoms with Gasteiger partial charge in [-0.3, -0.25) is 19.3 Å². The molecule has 0 N–H and O–H groups in total. The van der Waals surface area contributed by atoms with Crippen molar-refractivity contribution < 1.29 is 14.4 Å². The summed E-state index contributed by atoms with van der Waals surface area (Å²) < 4.78 is 0. The fourth-order valence-electron chi connectivity index (χ4n) is 6.65. The van der Waals surface area contributed by atoms with E-state index in [0.29, 0.717) is 31.1 Å². The molecule has 3 amide bonds. The molecule has 35 heavy (non-hydrogen) atoms. The van der Waals surface area contributed by atoms with Crippen molar-refractivity contribution in [1.82, 2.24) is 19.6 Å². The molecular weight excluding hydrogens is 440 g/mol. The van der Waals surface area contributed by atoms with Gasteiger partial charge in [-0.25, -0.2) is 0 Å². The predicted octanol–water partition coefficient (Wildman–Crippen LogP) is 3.01. The maximum absolute atomic E-state index is 13.7. The molecule has 0 radical (unpaired) electrons. The Morgan fingerprint density at radius 2 is 1.43 bits per heavy atom. The third-order valence-corrected chi connectivity index (χ3v) is 8.63. The van der Waals surface area contributed by atoms with Gasteiger partial charge in [0.15, 0.2) is 0 Å². The fraction of sp³-hybridized carbons (Fsp3) is 0.679. The summed E-state index contributed by atoms with van der Waals surface area (Å²) in [4.78, 5) is 48.2. The first-order valence-electron chi connectivity index (χ1n) is 13.8. The van der Waals surface area contributed by atoms with Crippen molar-refractivity contribution in [2.45, 2.75) is 69.9 Å². The van der Waals surface area contributed by atoms with Crippen molar-refractivity contribution in [2.24, 2.45) is 5.92 Å². The van der Waals surface area contributed by atoms with Crippen LogP contribution in [-0.4, -0.2) is 95.2 Å². The number of rotatable bonds is 4. The van der Waals surface area contributed by atoms with Gasteiger partial charge in [0.2, 0.25) is 11.8 Å². The van der Waals surface area contributed by atoms with Gasteiger partial charge in [-0.15, -0.1) is 0 Å². The van der Waals surface area contributed by atoms with Crippen molar-refractivity contribution >= 4 is 17.7 Å². The SMILES string of the molecule is O=C(CN1CCN(C(=O)C2CC3CCCCC3N2C(=O)c2ccccc2)CC1)N1CCCCCC1. The Morgan fingerprint density at radius 3 is 2.14 bits per heavy atom. The highest BCUT2D eigenvalue weighted by Crippen LogP contribution is 2.41. The highest BCUT2D eigenvalue weighted by Gasteiger charge is 2.48. The lowest BCUT2D eigenvalue weighted by molar-refractivity contribution is -0.138. The van der Waals surface area contributed by atoms with E-state index in [2.05, 4.69) is 4.90 Å². The van der Waals surface area contributed by atoms with Gasteiger partial charge in [-0.2, -0.15) is 0 Å². The first kappa shape index (κ1) is 24.3. The van der Waals surface area contributed by atoms with Crippen LogP contribution in [0.2, 0.25) is 0 Å². The lowest BCUT2D eigenvalue weighted by Gasteiger charge is -2.39. The second kappa shape index (κ2) is 11.1. The van der Waals surface area contributed by atoms with E-state index in [0.717, 1.165) is 64.7 Å². The smallest absolute Gasteiger partial charge is 0.254 e. The molecule has 1 aromatic carbocycles. The van der Waals surface area contributed by atoms with E-state index < -0.39 is 0 Å². The van der Waals surface area contributed by atoms with Crippen molar-refractivity contribution in [1.29, 1.82) is 0 Å². The number of hydrogen-bond donors (Lipinski definition) is 0. The van der Waals surface area contributed by atoms with Crippen LogP contribution in [0.15, 0.2) is 30.3 Å². The third kappa shape index (κ3) is 5.40. The number of amides is 3. The number of carbonyl (C=O) groups excluding carboxylic acids is 3. The molecule has 0 aromatic heterocycles. The standard InChI is InChI=1S/C28H40N4O3/c33-26(30-14-8-1-2-9-15-30)21-29-16-18-31(19-17-29)28(35)25-20-23-12-6-7-13-24(23)32(25)27(34)22-10-4-3-5-11-22/h3-5,10-11,23-25H,1-2,6-9,12-21H2. The molecule has 190 valence electrons. The van der Waals surface area contributed by atoms with Crippen LogP contribution in [0.1, 0.15) is 68.1 Å². The molecule has 3 unspecified atom stereocenters. The van der Waals surface area contributed by atoms with Crippen LogP contribution in [-0.2, 0) is 9.59 Å². The average molecular weight is 481 g/mol. The first-order chi connectivity index (χ1) is 17.1. The Hall–Kier alpha value is -2.41. The van der Waals surface area contributed by atoms with Crippen LogP contribution in [0.3, 0.4) is 0 Å². The van der Waals surface area contributed by atoms with Crippen molar-refractivity contribution in [3.63, 3.8) is 0 Å². The van der Waals surface area contributed by atoms with Crippen LogP contribution in [0, 0.1) is 5.92 Å². The summed E-state index contributed by atoms with van der Waals surface area (Å²) in [5.74, 6) is 0.756. The van der Waals surface area contributed by atoms with Gasteiger partial charge in [-0.1, -0.05) is 43.9 Å². The Morgan fingerprint density at radius 1 is 0.743 bits per heavy atom. The van der Waals surface area contributed by atoms with Gasteiger partial charge in [0.05, 0.1) is 6.54 Å². The van der Waals surface area contributed by atoms with Crippen LogP contribution in [0.5, 0.6) is 0 Å². The highest BCUT2D eigenvalue weighted by molar-refractivity contribution is 5.98. The Bertz CT molecular complexity index is 891. The minimum atomic E-state index is -0.360. The molecule has 0 spiro atoms. The topological polar surface area (TPSA) is 64.2 Å². The summed E-state index contributed by atoms with van der Waals surface area (Å²) >= 11 is 0. The van der Waals surface area contributed by atoms with Gasteiger partial charge in [0.25, 0.3) is 5.91 Å². The van der Waals surface area contributed by atoms with E-state index in [1.54, 1.807) is 0 Å². The molecule has 3 aliphatic heterocycles. The van der Waals surface area contributed by atoms with Crippen molar-refractivity contribution in [2.75, 3.05) is 45.8 Å². The molecule has 5 rings (SSSR count). The van der Waals surface area contributed by atoms with E-state index in [4.69, 9.17) is 0 Å². The van der Waals surface area contributed by atoms with E-state index in [1.165, 1.54) is 19.3 Å². The highest BCUT2D eigenvalue weighted by atomic mass is 16.2. The number of likely N-dealkylation sites (tertiary alicyclic amines) is 2. The Labute approximate surface area is 209 Å². The molecule has 7 nitrogen and oxygen atoms in total. The van der Waals surface area contributed by atoms with Crippen molar-refractivity contribution in [3.8, 4) is 0 Å². The minimum Gasteiger partial charge on any atom is -0.342 e. The Balaban J connectivity index is 1.21. The largest absolute Gasteiger partial charge is 0.342 e. The van der Waals surface area contributed by atoms with E-state index in [1.807, 2.05) is 45.0 Å². The molecule has 4 aliphatic rings. The number of fused-ring (bicyclic) bond motifs is 1. The molecule has 1 aromatic rings. The summed E-state index contributed by atoms with van der Waals surface area (Å²) in [6, 6.07) is 9.25. The first-order valence-corrected chi connectivity index (χ1v) is 13.8. The van der Waals surface area contributed by atoms with Crippen LogP contribution in [0.4, 0.5) is 0 Å². The normalized spacial score (nSPS) is 27.9. The lowest BCUT2D eigenvalue weighted by Crippen LogP contribution is -2.56. The number of piperazine rings is 1.